The van der Waals surface area contributed by atoms with E-state index < -0.39 is 5.41 Å². The lowest BCUT2D eigenvalue weighted by Crippen LogP contribution is -2.46. The summed E-state index contributed by atoms with van der Waals surface area (Å²) in [5.74, 6) is 3.48. The molecule has 0 spiro atoms. The van der Waals surface area contributed by atoms with E-state index in [1.807, 2.05) is 0 Å². The van der Waals surface area contributed by atoms with Crippen LogP contribution in [0.2, 0.25) is 0 Å². The third-order valence-corrected chi connectivity index (χ3v) is 5.79. The van der Waals surface area contributed by atoms with Gasteiger partial charge in [0.2, 0.25) is 5.78 Å². The number of rotatable bonds is 4. The summed E-state index contributed by atoms with van der Waals surface area (Å²) >= 11 is 0. The highest BCUT2D eigenvalue weighted by Gasteiger charge is 2.52. The van der Waals surface area contributed by atoms with E-state index in [1.54, 1.807) is 12.2 Å². The maximum Gasteiger partial charge on any atom is 0.219 e. The molecule has 0 saturated heterocycles. The quantitative estimate of drug-likeness (QED) is 0.756. The Morgan fingerprint density at radius 1 is 1.50 bits per heavy atom. The van der Waals surface area contributed by atoms with Crippen molar-refractivity contribution in [1.82, 2.24) is 0 Å². The van der Waals surface area contributed by atoms with Gasteiger partial charge in [0.05, 0.1) is 5.41 Å². The van der Waals surface area contributed by atoms with E-state index in [4.69, 9.17) is 6.42 Å². The highest BCUT2D eigenvalue weighted by Crippen LogP contribution is 2.59. The van der Waals surface area contributed by atoms with Gasteiger partial charge in [0.15, 0.2) is 5.76 Å². The van der Waals surface area contributed by atoms with Crippen molar-refractivity contribution in [1.29, 1.82) is 0 Å². The van der Waals surface area contributed by atoms with Gasteiger partial charge in [0, 0.05) is 0 Å². The molecule has 120 valence electrons. The number of fused-ring (bicyclic) bond motifs is 1. The third kappa shape index (κ3) is 2.51. The number of ketones is 1. The van der Waals surface area contributed by atoms with E-state index >= 15 is 0 Å². The van der Waals surface area contributed by atoms with Gasteiger partial charge in [-0.25, -0.2) is 0 Å². The SMILES string of the molecule is C#C[C@]12C=C(O)C(=O)C=C1C(C)(CCCC)C(C(C)C)CC2. The van der Waals surface area contributed by atoms with Gasteiger partial charge >= 0.3 is 0 Å². The number of hydrogen-bond donors (Lipinski definition) is 1. The van der Waals surface area contributed by atoms with Crippen LogP contribution in [-0.4, -0.2) is 10.9 Å². The van der Waals surface area contributed by atoms with Gasteiger partial charge in [0.1, 0.15) is 0 Å². The summed E-state index contributed by atoms with van der Waals surface area (Å²) in [5.41, 5.74) is 0.414. The first-order valence-corrected chi connectivity index (χ1v) is 8.47. The summed E-state index contributed by atoms with van der Waals surface area (Å²) < 4.78 is 0. The van der Waals surface area contributed by atoms with E-state index in [2.05, 4.69) is 33.6 Å². The monoisotopic (exact) mass is 300 g/mol. The molecule has 2 heteroatoms. The normalized spacial score (nSPS) is 34.7. The van der Waals surface area contributed by atoms with E-state index in [1.165, 1.54) is 0 Å². The second kappa shape index (κ2) is 5.95. The predicted molar refractivity (Wildman–Crippen MR) is 90.3 cm³/mol. The van der Waals surface area contributed by atoms with Crippen LogP contribution < -0.4 is 0 Å². The number of aliphatic hydroxyl groups is 1. The van der Waals surface area contributed by atoms with Crippen LogP contribution in [0.1, 0.15) is 59.8 Å². The Morgan fingerprint density at radius 3 is 2.73 bits per heavy atom. The first-order valence-electron chi connectivity index (χ1n) is 8.47. The molecule has 0 aromatic rings. The van der Waals surface area contributed by atoms with Crippen molar-refractivity contribution in [3.63, 3.8) is 0 Å². The molecule has 3 atom stereocenters. The van der Waals surface area contributed by atoms with Crippen LogP contribution in [0.4, 0.5) is 0 Å². The second-order valence-electron chi connectivity index (χ2n) is 7.48. The summed E-state index contributed by atoms with van der Waals surface area (Å²) in [7, 11) is 0. The van der Waals surface area contributed by atoms with Crippen LogP contribution >= 0.6 is 0 Å². The highest BCUT2D eigenvalue weighted by atomic mass is 16.3. The van der Waals surface area contributed by atoms with Gasteiger partial charge in [-0.2, -0.15) is 0 Å². The van der Waals surface area contributed by atoms with Crippen LogP contribution in [0.25, 0.3) is 0 Å². The van der Waals surface area contributed by atoms with Crippen molar-refractivity contribution >= 4 is 5.78 Å². The molecule has 2 rings (SSSR count). The van der Waals surface area contributed by atoms with Crippen LogP contribution in [0.3, 0.4) is 0 Å². The largest absolute Gasteiger partial charge is 0.504 e. The van der Waals surface area contributed by atoms with Gasteiger partial charge < -0.3 is 5.11 Å². The van der Waals surface area contributed by atoms with Gasteiger partial charge in [-0.15, -0.1) is 6.42 Å². The number of carbonyl (C=O) groups is 1. The first-order chi connectivity index (χ1) is 10.3. The number of aliphatic hydroxyl groups excluding tert-OH is 1. The maximum absolute atomic E-state index is 12.1. The molecule has 0 aromatic heterocycles. The van der Waals surface area contributed by atoms with Crippen LogP contribution in [0.15, 0.2) is 23.5 Å². The summed E-state index contributed by atoms with van der Waals surface area (Å²) in [6.45, 7) is 8.98. The Labute approximate surface area is 134 Å². The molecule has 0 aliphatic heterocycles. The van der Waals surface area contributed by atoms with Crippen molar-refractivity contribution in [2.45, 2.75) is 59.8 Å². The van der Waals surface area contributed by atoms with E-state index in [0.717, 1.165) is 37.7 Å². The van der Waals surface area contributed by atoms with E-state index in [9.17, 15) is 9.90 Å². The Balaban J connectivity index is 2.56. The third-order valence-electron chi connectivity index (χ3n) is 5.79. The van der Waals surface area contributed by atoms with E-state index in [-0.39, 0.29) is 17.0 Å². The van der Waals surface area contributed by atoms with Gasteiger partial charge in [-0.3, -0.25) is 4.79 Å². The highest BCUT2D eigenvalue weighted by molar-refractivity contribution is 6.04. The molecule has 0 aromatic carbocycles. The molecule has 0 heterocycles. The zero-order valence-corrected chi connectivity index (χ0v) is 14.3. The van der Waals surface area contributed by atoms with Gasteiger partial charge in [0.25, 0.3) is 0 Å². The lowest BCUT2D eigenvalue weighted by atomic mass is 9.50. The minimum atomic E-state index is -0.578. The fourth-order valence-corrected chi connectivity index (χ4v) is 4.62. The average Bonchev–Trinajstić information content (AvgIpc) is 2.47. The van der Waals surface area contributed by atoms with Gasteiger partial charge in [-0.1, -0.05) is 46.5 Å². The Hall–Kier alpha value is -1.49. The molecule has 0 bridgehead atoms. The molecule has 2 nitrogen and oxygen atoms in total. The van der Waals surface area contributed by atoms with E-state index in [0.29, 0.717) is 11.8 Å². The fourth-order valence-electron chi connectivity index (χ4n) is 4.62. The van der Waals surface area contributed by atoms with Gasteiger partial charge in [-0.05, 0) is 54.2 Å². The molecule has 1 saturated carbocycles. The Morgan fingerprint density at radius 2 is 2.18 bits per heavy atom. The molecule has 22 heavy (non-hydrogen) atoms. The molecule has 2 unspecified atom stereocenters. The summed E-state index contributed by atoms with van der Waals surface area (Å²) in [5, 5.41) is 9.91. The minimum Gasteiger partial charge on any atom is -0.504 e. The predicted octanol–water partition coefficient (Wildman–Crippen LogP) is 4.82. The smallest absolute Gasteiger partial charge is 0.219 e. The lowest BCUT2D eigenvalue weighted by molar-refractivity contribution is -0.114. The van der Waals surface area contributed by atoms with Crippen molar-refractivity contribution < 1.29 is 9.90 Å². The number of carbonyl (C=O) groups excluding carboxylic acids is 1. The average molecular weight is 300 g/mol. The maximum atomic E-state index is 12.1. The first kappa shape index (κ1) is 16.9. The fraction of sp³-hybridized carbons (Fsp3) is 0.650. The molecule has 1 N–H and O–H groups in total. The Kier molecular flexibility index (Phi) is 4.57. The zero-order chi connectivity index (χ0) is 16.5. The standard InChI is InChI=1S/C20H28O2/c1-6-8-10-19(5)15(14(3)4)9-11-20(7-2)13-17(22)16(21)12-18(19)20/h2,12-15,22H,6,8-11H2,1,3-5H3/t15?,19?,20-/m0/s1. The molecule has 1 fully saturated rings. The number of hydrogen-bond acceptors (Lipinski definition) is 2. The molecule has 2 aliphatic carbocycles. The second-order valence-corrected chi connectivity index (χ2v) is 7.48. The molecule has 0 radical (unpaired) electrons. The summed E-state index contributed by atoms with van der Waals surface area (Å²) in [6.07, 6.45) is 14.3. The molecule has 0 amide bonds. The van der Waals surface area contributed by atoms with Crippen molar-refractivity contribution in [2.75, 3.05) is 0 Å². The minimum absolute atomic E-state index is 0.0678. The van der Waals surface area contributed by atoms with Crippen molar-refractivity contribution in [3.05, 3.63) is 23.5 Å². The summed E-state index contributed by atoms with van der Waals surface area (Å²) in [4.78, 5) is 12.1. The lowest BCUT2D eigenvalue weighted by Gasteiger charge is -2.53. The van der Waals surface area contributed by atoms with Crippen LogP contribution in [0.5, 0.6) is 0 Å². The van der Waals surface area contributed by atoms with Crippen LogP contribution in [0, 0.1) is 35.0 Å². The number of terminal acetylenes is 1. The molecular weight excluding hydrogens is 272 g/mol. The summed E-state index contributed by atoms with van der Waals surface area (Å²) in [6, 6.07) is 0. The number of unbranched alkanes of at least 4 members (excludes halogenated alkanes) is 1. The molecular formula is C20H28O2. The van der Waals surface area contributed by atoms with Crippen molar-refractivity contribution in [3.8, 4) is 12.3 Å². The zero-order valence-electron chi connectivity index (χ0n) is 14.3. The topological polar surface area (TPSA) is 37.3 Å². The van der Waals surface area contributed by atoms with Crippen LogP contribution in [-0.2, 0) is 4.79 Å². The Bertz CT molecular complexity index is 561. The number of allylic oxidation sites excluding steroid dienone is 3. The molecule has 2 aliphatic rings. The van der Waals surface area contributed by atoms with Crippen molar-refractivity contribution in [2.24, 2.45) is 22.7 Å².